The van der Waals surface area contributed by atoms with Gasteiger partial charge in [-0.1, -0.05) is 0 Å². The summed E-state index contributed by atoms with van der Waals surface area (Å²) in [6.45, 7) is 0. The zero-order valence-corrected chi connectivity index (χ0v) is 9.20. The van der Waals surface area contributed by atoms with Gasteiger partial charge in [-0.25, -0.2) is 16.8 Å². The summed E-state index contributed by atoms with van der Waals surface area (Å²) in [6.07, 6.45) is 1.86. The van der Waals surface area contributed by atoms with Gasteiger partial charge in [-0.15, -0.1) is 0 Å². The Morgan fingerprint density at radius 2 is 1.62 bits per heavy atom. The highest BCUT2D eigenvalue weighted by atomic mass is 32.2. The van der Waals surface area contributed by atoms with Crippen molar-refractivity contribution in [3.05, 3.63) is 0 Å². The molecule has 0 N–H and O–H groups in total. The summed E-state index contributed by atoms with van der Waals surface area (Å²) in [7, 11) is -6.98. The van der Waals surface area contributed by atoms with Crippen LogP contribution in [0.15, 0.2) is 9.50 Å². The Labute approximate surface area is 79.6 Å². The number of rotatable bonds is 2. The first-order valence-corrected chi connectivity index (χ1v) is 7.51. The van der Waals surface area contributed by atoms with Crippen LogP contribution in [-0.2, 0) is 19.7 Å². The molecule has 0 radical (unpaired) electrons. The summed E-state index contributed by atoms with van der Waals surface area (Å²) in [5, 5.41) is -0.446. The van der Waals surface area contributed by atoms with Crippen molar-refractivity contribution < 1.29 is 16.8 Å². The van der Waals surface area contributed by atoms with Gasteiger partial charge in [0.05, 0.1) is 0 Å². The Hall–Kier alpha value is -0.540. The average molecular weight is 242 g/mol. The van der Waals surface area contributed by atoms with Crippen LogP contribution in [-0.4, -0.2) is 38.7 Å². The summed E-state index contributed by atoms with van der Waals surface area (Å²) in [5.41, 5.74) is 0. The highest BCUT2D eigenvalue weighted by Crippen LogP contribution is 2.14. The minimum Gasteiger partial charge on any atom is -0.221 e. The maximum Gasteiger partial charge on any atom is 0.259 e. The molecular weight excluding hydrogens is 236 g/mol. The normalized spacial score (nSPS) is 13.1. The molecule has 0 aromatic carbocycles. The van der Waals surface area contributed by atoms with Crippen molar-refractivity contribution in [1.82, 2.24) is 9.36 Å². The van der Waals surface area contributed by atoms with E-state index < -0.39 is 24.8 Å². The third-order valence-electron chi connectivity index (χ3n) is 1.04. The first kappa shape index (κ1) is 10.5. The van der Waals surface area contributed by atoms with Gasteiger partial charge in [0.2, 0.25) is 24.0 Å². The monoisotopic (exact) mass is 242 g/mol. The van der Waals surface area contributed by atoms with Crippen LogP contribution in [0.4, 0.5) is 0 Å². The molecule has 0 saturated heterocycles. The van der Waals surface area contributed by atoms with E-state index in [2.05, 4.69) is 9.36 Å². The van der Waals surface area contributed by atoms with Gasteiger partial charge in [-0.3, -0.25) is 0 Å². The summed E-state index contributed by atoms with van der Waals surface area (Å²) < 4.78 is 46.6. The summed E-state index contributed by atoms with van der Waals surface area (Å²) in [5.74, 6) is 0. The fraction of sp³-hybridized carbons (Fsp3) is 0.500. The van der Waals surface area contributed by atoms with Crippen LogP contribution >= 0.6 is 11.5 Å². The van der Waals surface area contributed by atoms with Crippen molar-refractivity contribution in [2.75, 3.05) is 12.5 Å². The minimum atomic E-state index is -3.52. The van der Waals surface area contributed by atoms with Crippen molar-refractivity contribution >= 4 is 31.2 Å². The van der Waals surface area contributed by atoms with E-state index in [9.17, 15) is 16.8 Å². The van der Waals surface area contributed by atoms with Crippen molar-refractivity contribution in [2.45, 2.75) is 9.50 Å². The molecule has 0 aliphatic heterocycles. The lowest BCUT2D eigenvalue weighted by Gasteiger charge is -1.87. The molecule has 0 aliphatic rings. The first-order chi connectivity index (χ1) is 5.71. The number of nitrogens with zero attached hydrogens (tertiary/aromatic N) is 2. The highest BCUT2D eigenvalue weighted by molar-refractivity contribution is 7.93. The van der Waals surface area contributed by atoms with Gasteiger partial charge in [0.1, 0.15) is 0 Å². The van der Waals surface area contributed by atoms with Gasteiger partial charge >= 0.3 is 0 Å². The summed E-state index contributed by atoms with van der Waals surface area (Å²) >= 11 is 0.555. The molecule has 0 amide bonds. The third-order valence-corrected chi connectivity index (χ3v) is 4.37. The van der Waals surface area contributed by atoms with Gasteiger partial charge in [0, 0.05) is 12.5 Å². The van der Waals surface area contributed by atoms with E-state index in [-0.39, 0.29) is 4.34 Å². The van der Waals surface area contributed by atoms with Crippen LogP contribution in [0.2, 0.25) is 0 Å². The van der Waals surface area contributed by atoms with Crippen LogP contribution in [0.5, 0.6) is 0 Å². The number of sulfone groups is 2. The van der Waals surface area contributed by atoms with Crippen molar-refractivity contribution in [2.24, 2.45) is 0 Å². The third kappa shape index (κ3) is 2.45. The second-order valence-electron chi connectivity index (χ2n) is 2.39. The van der Waals surface area contributed by atoms with E-state index in [0.717, 1.165) is 12.5 Å². The van der Waals surface area contributed by atoms with Gasteiger partial charge in [0.15, 0.2) is 0 Å². The molecule has 9 heteroatoms. The van der Waals surface area contributed by atoms with E-state index in [0.29, 0.717) is 11.5 Å². The predicted octanol–water partition coefficient (Wildman–Crippen LogP) is -0.655. The van der Waals surface area contributed by atoms with Crippen LogP contribution in [0.25, 0.3) is 0 Å². The lowest BCUT2D eigenvalue weighted by molar-refractivity contribution is 0.592. The molecule has 0 bridgehead atoms. The van der Waals surface area contributed by atoms with E-state index in [4.69, 9.17) is 0 Å². The Bertz CT molecular complexity index is 465. The molecule has 0 saturated carbocycles. The second kappa shape index (κ2) is 3.00. The highest BCUT2D eigenvalue weighted by Gasteiger charge is 2.19. The Balaban J connectivity index is 3.32. The molecule has 1 rings (SSSR count). The van der Waals surface area contributed by atoms with E-state index >= 15 is 0 Å². The predicted molar refractivity (Wildman–Crippen MR) is 46.1 cm³/mol. The maximum absolute atomic E-state index is 10.9. The molecule has 13 heavy (non-hydrogen) atoms. The smallest absolute Gasteiger partial charge is 0.221 e. The molecule has 0 fully saturated rings. The van der Waals surface area contributed by atoms with Gasteiger partial charge < -0.3 is 0 Å². The quantitative estimate of drug-likeness (QED) is 0.683. The first-order valence-electron chi connectivity index (χ1n) is 2.95. The molecule has 0 spiro atoms. The standard InChI is InChI=1S/C4H6N2O4S3/c1-12(7,8)3-5-4(11-6-3)13(2,9)10/h1-2H3. The zero-order valence-electron chi connectivity index (χ0n) is 6.75. The lowest BCUT2D eigenvalue weighted by Crippen LogP contribution is -2.01. The van der Waals surface area contributed by atoms with E-state index in [1.165, 1.54) is 0 Å². The lowest BCUT2D eigenvalue weighted by atomic mass is 11.3. The molecule has 6 nitrogen and oxygen atoms in total. The SMILES string of the molecule is CS(=O)(=O)c1nsc(S(C)(=O)=O)n1. The number of hydrogen-bond donors (Lipinski definition) is 0. The molecule has 74 valence electrons. The maximum atomic E-state index is 10.9. The van der Waals surface area contributed by atoms with Crippen molar-refractivity contribution in [3.8, 4) is 0 Å². The molecule has 0 aliphatic carbocycles. The van der Waals surface area contributed by atoms with Gasteiger partial charge in [0.25, 0.3) is 5.16 Å². The van der Waals surface area contributed by atoms with Crippen LogP contribution in [0, 0.1) is 0 Å². The van der Waals surface area contributed by atoms with Crippen LogP contribution in [0.3, 0.4) is 0 Å². The number of aromatic nitrogens is 2. The molecule has 1 heterocycles. The largest absolute Gasteiger partial charge is 0.259 e. The second-order valence-corrected chi connectivity index (χ2v) is 7.24. The molecular formula is C4H6N2O4S3. The van der Waals surface area contributed by atoms with Gasteiger partial charge in [-0.05, 0) is 11.5 Å². The topological polar surface area (TPSA) is 94.1 Å². The van der Waals surface area contributed by atoms with E-state index in [1.807, 2.05) is 0 Å². The Kier molecular flexibility index (Phi) is 2.43. The number of hydrogen-bond acceptors (Lipinski definition) is 7. The van der Waals surface area contributed by atoms with Crippen molar-refractivity contribution in [3.63, 3.8) is 0 Å². The fourth-order valence-corrected chi connectivity index (χ4v) is 2.75. The molecule has 0 unspecified atom stereocenters. The molecule has 1 aromatic rings. The summed E-state index contributed by atoms with van der Waals surface area (Å²) in [6, 6.07) is 0. The van der Waals surface area contributed by atoms with Crippen LogP contribution in [0.1, 0.15) is 0 Å². The van der Waals surface area contributed by atoms with Crippen molar-refractivity contribution in [1.29, 1.82) is 0 Å². The fourth-order valence-electron chi connectivity index (χ4n) is 0.498. The minimum absolute atomic E-state index is 0.284. The Morgan fingerprint density at radius 1 is 1.08 bits per heavy atom. The van der Waals surface area contributed by atoms with Crippen LogP contribution < -0.4 is 0 Å². The average Bonchev–Trinajstić information content (AvgIpc) is 2.28. The summed E-state index contributed by atoms with van der Waals surface area (Å²) in [4.78, 5) is 3.38. The Morgan fingerprint density at radius 3 is 1.85 bits per heavy atom. The zero-order chi connectivity index (χ0) is 10.3. The van der Waals surface area contributed by atoms with E-state index in [1.54, 1.807) is 0 Å². The van der Waals surface area contributed by atoms with Gasteiger partial charge in [-0.2, -0.15) is 9.36 Å². The molecule has 1 aromatic heterocycles. The molecule has 0 atom stereocenters.